The largest absolute Gasteiger partial charge is 0.463 e. The zero-order chi connectivity index (χ0) is 17.6. The highest BCUT2D eigenvalue weighted by Gasteiger charge is 2.38. The topological polar surface area (TPSA) is 105 Å². The van der Waals surface area contributed by atoms with E-state index in [9.17, 15) is 13.2 Å². The van der Waals surface area contributed by atoms with Crippen LogP contribution in [0.1, 0.15) is 40.0 Å². The van der Waals surface area contributed by atoms with Crippen LogP contribution in [0.5, 0.6) is 0 Å². The van der Waals surface area contributed by atoms with Gasteiger partial charge in [0.25, 0.3) is 10.1 Å². The number of esters is 1. The summed E-state index contributed by atoms with van der Waals surface area (Å²) in [6.45, 7) is 5.92. The van der Waals surface area contributed by atoms with Crippen LogP contribution in [0.15, 0.2) is 11.6 Å². The maximum absolute atomic E-state index is 11.9. The lowest BCUT2D eigenvalue weighted by atomic mass is 9.90. The second kappa shape index (κ2) is 8.77. The molecule has 8 heteroatoms. The van der Waals surface area contributed by atoms with E-state index in [1.807, 2.05) is 13.8 Å². The monoisotopic (exact) mass is 349 g/mol. The van der Waals surface area contributed by atoms with Crippen LogP contribution in [-0.2, 0) is 28.6 Å². The molecule has 0 spiro atoms. The van der Waals surface area contributed by atoms with Crippen molar-refractivity contribution in [2.24, 2.45) is 5.73 Å². The summed E-state index contributed by atoms with van der Waals surface area (Å²) in [6.07, 6.45) is 2.61. The maximum Gasteiger partial charge on any atom is 0.333 e. The zero-order valence-corrected chi connectivity index (χ0v) is 15.0. The molecule has 1 rings (SSSR count). The van der Waals surface area contributed by atoms with Gasteiger partial charge in [-0.25, -0.2) is 4.79 Å². The van der Waals surface area contributed by atoms with Crippen molar-refractivity contribution in [2.45, 2.75) is 64.4 Å². The third-order valence-electron chi connectivity index (χ3n) is 3.65. The molecule has 7 nitrogen and oxygen atoms in total. The van der Waals surface area contributed by atoms with Crippen LogP contribution in [0.25, 0.3) is 0 Å². The van der Waals surface area contributed by atoms with Crippen LogP contribution >= 0.6 is 0 Å². The van der Waals surface area contributed by atoms with Crippen molar-refractivity contribution in [3.8, 4) is 0 Å². The van der Waals surface area contributed by atoms with Crippen LogP contribution < -0.4 is 5.73 Å². The van der Waals surface area contributed by atoms with Crippen molar-refractivity contribution in [2.75, 3.05) is 12.9 Å². The van der Waals surface area contributed by atoms with Gasteiger partial charge in [0.2, 0.25) is 0 Å². The molecule has 1 aliphatic rings. The van der Waals surface area contributed by atoms with Crippen LogP contribution in [0.4, 0.5) is 0 Å². The van der Waals surface area contributed by atoms with E-state index >= 15 is 0 Å². The highest BCUT2D eigenvalue weighted by atomic mass is 32.2. The predicted molar refractivity (Wildman–Crippen MR) is 86.3 cm³/mol. The van der Waals surface area contributed by atoms with E-state index in [0.29, 0.717) is 5.57 Å². The van der Waals surface area contributed by atoms with Gasteiger partial charge in [0.15, 0.2) is 0 Å². The molecule has 0 amide bonds. The minimum atomic E-state index is -3.69. The number of carbonyl (C=O) groups is 1. The number of hydrogen-bond donors (Lipinski definition) is 1. The highest BCUT2D eigenvalue weighted by molar-refractivity contribution is 7.86. The zero-order valence-electron chi connectivity index (χ0n) is 14.2. The van der Waals surface area contributed by atoms with E-state index in [-0.39, 0.29) is 19.1 Å². The fourth-order valence-corrected chi connectivity index (χ4v) is 3.15. The second-order valence-electron chi connectivity index (χ2n) is 5.58. The quantitative estimate of drug-likeness (QED) is 0.517. The van der Waals surface area contributed by atoms with Gasteiger partial charge in [-0.2, -0.15) is 8.42 Å². The lowest BCUT2D eigenvalue weighted by Gasteiger charge is -2.35. The van der Waals surface area contributed by atoms with Gasteiger partial charge < -0.3 is 15.2 Å². The average Bonchev–Trinajstić information content (AvgIpc) is 2.46. The smallest absolute Gasteiger partial charge is 0.333 e. The summed E-state index contributed by atoms with van der Waals surface area (Å²) < 4.78 is 39.0. The number of nitrogens with two attached hydrogens (primary N) is 1. The Morgan fingerprint density at radius 2 is 1.96 bits per heavy atom. The number of ether oxygens (including phenoxy) is 2. The molecular formula is C15H27NO6S. The predicted octanol–water partition coefficient (Wildman–Crippen LogP) is 1.13. The molecule has 0 radical (unpaired) electrons. The van der Waals surface area contributed by atoms with Crippen molar-refractivity contribution in [1.82, 2.24) is 0 Å². The van der Waals surface area contributed by atoms with Gasteiger partial charge in [0, 0.05) is 11.6 Å². The fraction of sp³-hybridized carbons (Fsp3) is 0.800. The summed E-state index contributed by atoms with van der Waals surface area (Å²) in [5, 5.41) is 0. The molecule has 0 aromatic rings. The summed E-state index contributed by atoms with van der Waals surface area (Å²) in [5.74, 6) is -0.459. The summed E-state index contributed by atoms with van der Waals surface area (Å²) in [6, 6.07) is -0.673. The van der Waals surface area contributed by atoms with Crippen molar-refractivity contribution >= 4 is 16.1 Å². The maximum atomic E-state index is 11.9. The van der Waals surface area contributed by atoms with Crippen LogP contribution in [0.3, 0.4) is 0 Å². The molecule has 134 valence electrons. The van der Waals surface area contributed by atoms with Gasteiger partial charge in [0.1, 0.15) is 12.2 Å². The number of rotatable bonds is 8. The van der Waals surface area contributed by atoms with Gasteiger partial charge in [-0.3, -0.25) is 4.18 Å². The Morgan fingerprint density at radius 1 is 1.35 bits per heavy atom. The van der Waals surface area contributed by atoms with E-state index in [1.54, 1.807) is 13.0 Å². The van der Waals surface area contributed by atoms with Crippen molar-refractivity contribution < 1.29 is 26.9 Å². The minimum Gasteiger partial charge on any atom is -0.463 e. The van der Waals surface area contributed by atoms with Crippen LogP contribution in [0.2, 0.25) is 0 Å². The van der Waals surface area contributed by atoms with Crippen molar-refractivity contribution in [1.29, 1.82) is 0 Å². The Kier molecular flexibility index (Phi) is 7.66. The van der Waals surface area contributed by atoms with Gasteiger partial charge in [-0.15, -0.1) is 0 Å². The van der Waals surface area contributed by atoms with E-state index in [1.165, 1.54) is 0 Å². The van der Waals surface area contributed by atoms with Gasteiger partial charge >= 0.3 is 5.97 Å². The summed E-state index contributed by atoms with van der Waals surface area (Å²) in [5.41, 5.74) is 6.43. The van der Waals surface area contributed by atoms with Crippen LogP contribution in [-0.4, -0.2) is 51.6 Å². The number of carbonyl (C=O) groups excluding carboxylic acids is 1. The van der Waals surface area contributed by atoms with Gasteiger partial charge in [-0.1, -0.05) is 13.8 Å². The molecule has 3 atom stereocenters. The Morgan fingerprint density at radius 3 is 2.43 bits per heavy atom. The van der Waals surface area contributed by atoms with E-state index in [2.05, 4.69) is 0 Å². The third-order valence-corrected chi connectivity index (χ3v) is 4.22. The highest BCUT2D eigenvalue weighted by Crippen LogP contribution is 2.26. The van der Waals surface area contributed by atoms with E-state index in [0.717, 1.165) is 19.1 Å². The van der Waals surface area contributed by atoms with Crippen molar-refractivity contribution in [3.63, 3.8) is 0 Å². The summed E-state index contributed by atoms with van der Waals surface area (Å²) in [7, 11) is -3.69. The molecule has 0 saturated carbocycles. The minimum absolute atomic E-state index is 0.0735. The SMILES string of the molecule is CCOC(=O)C1=C[C@@H](OC(CC)CC)[C@H](OS(C)(=O)=O)[C@H](N)C1. The Hall–Kier alpha value is -0.960. The summed E-state index contributed by atoms with van der Waals surface area (Å²) in [4.78, 5) is 11.9. The lowest BCUT2D eigenvalue weighted by molar-refractivity contribution is -0.139. The molecule has 0 bridgehead atoms. The molecule has 0 unspecified atom stereocenters. The first-order valence-electron chi connectivity index (χ1n) is 7.88. The van der Waals surface area contributed by atoms with Gasteiger partial charge in [0.05, 0.1) is 19.0 Å². The average molecular weight is 349 g/mol. The molecule has 2 N–H and O–H groups in total. The molecule has 0 aliphatic heterocycles. The summed E-state index contributed by atoms with van der Waals surface area (Å²) >= 11 is 0. The Labute approximate surface area is 138 Å². The van der Waals surface area contributed by atoms with E-state index < -0.39 is 34.3 Å². The Bertz CT molecular complexity index is 526. The third kappa shape index (κ3) is 6.21. The lowest BCUT2D eigenvalue weighted by Crippen LogP contribution is -2.50. The molecule has 0 heterocycles. The van der Waals surface area contributed by atoms with E-state index in [4.69, 9.17) is 19.4 Å². The normalized spacial score (nSPS) is 25.3. The molecule has 1 aliphatic carbocycles. The first-order valence-corrected chi connectivity index (χ1v) is 9.70. The number of hydrogen-bond acceptors (Lipinski definition) is 7. The Balaban J connectivity index is 3.07. The fourth-order valence-electron chi connectivity index (χ4n) is 2.50. The first kappa shape index (κ1) is 20.1. The molecular weight excluding hydrogens is 322 g/mol. The van der Waals surface area contributed by atoms with Crippen molar-refractivity contribution in [3.05, 3.63) is 11.6 Å². The molecule has 0 aromatic carbocycles. The molecule has 0 saturated heterocycles. The second-order valence-corrected chi connectivity index (χ2v) is 7.19. The molecule has 0 fully saturated rings. The molecule has 0 aromatic heterocycles. The molecule has 23 heavy (non-hydrogen) atoms. The first-order chi connectivity index (χ1) is 10.7. The standard InChI is InChI=1S/C15H27NO6S/c1-5-11(6-2)21-13-9-10(15(17)20-7-3)8-12(16)14(13)22-23(4,18)19/h9,11-14H,5-8,16H2,1-4H3/t12-,13-,14-/m1/s1. The van der Waals surface area contributed by atoms with Gasteiger partial charge in [-0.05, 0) is 32.3 Å². The van der Waals surface area contributed by atoms with Crippen LogP contribution in [0, 0.1) is 0 Å².